The molecule has 0 bridgehead atoms. The van der Waals surface area contributed by atoms with Gasteiger partial charge in [-0.25, -0.2) is 0 Å². The summed E-state index contributed by atoms with van der Waals surface area (Å²) in [4.78, 5) is 31.1. The number of rotatable bonds is 51. The van der Waals surface area contributed by atoms with Crippen molar-refractivity contribution in [3.63, 3.8) is 0 Å². The smallest absolute Gasteiger partial charge is 0.303 e. The van der Waals surface area contributed by atoms with Gasteiger partial charge in [-0.3, -0.25) is 14.4 Å². The summed E-state index contributed by atoms with van der Waals surface area (Å²) in [6.07, 6.45) is 72.5. The topological polar surface area (TPSA) is 112 Å². The van der Waals surface area contributed by atoms with Gasteiger partial charge in [-0.15, -0.1) is 0 Å². The zero-order valence-corrected chi connectivity index (χ0v) is 46.9. The van der Waals surface area contributed by atoms with E-state index in [1.807, 2.05) is 0 Å². The Morgan fingerprint density at radius 2 is 0.373 bits per heavy atom. The van der Waals surface area contributed by atoms with Crippen LogP contribution in [0.15, 0.2) is 36.5 Å². The third kappa shape index (κ3) is 81.8. The van der Waals surface area contributed by atoms with E-state index < -0.39 is 17.9 Å². The molecule has 393 valence electrons. The minimum Gasteiger partial charge on any atom is -0.481 e. The number of unbranched alkanes of at least 4 members (excludes halogenated alkanes) is 39. The molecule has 0 rings (SSSR count). The standard InChI is InChI=1S/3C20H38O2.Sc/c3*1-2-3-4-5-6-7-8-9-10-11-12-13-14-15-16-17-18-19-20(21)22;/h3*9-10H,2-8,11-19H2,1H3,(H,21,22);/b3*10-9-;. The van der Waals surface area contributed by atoms with E-state index in [0.29, 0.717) is 19.3 Å². The van der Waals surface area contributed by atoms with Crippen LogP contribution < -0.4 is 0 Å². The molecule has 0 fully saturated rings. The van der Waals surface area contributed by atoms with Crippen LogP contribution in [0.1, 0.15) is 329 Å². The number of hydrogen-bond donors (Lipinski definition) is 3. The van der Waals surface area contributed by atoms with Gasteiger partial charge >= 0.3 is 17.9 Å². The van der Waals surface area contributed by atoms with Crippen molar-refractivity contribution >= 4 is 17.9 Å². The van der Waals surface area contributed by atoms with Gasteiger partial charge in [0.25, 0.3) is 0 Å². The normalized spacial score (nSPS) is 11.1. The van der Waals surface area contributed by atoms with Gasteiger partial charge in [-0.05, 0) is 96.3 Å². The van der Waals surface area contributed by atoms with Gasteiger partial charge in [-0.1, -0.05) is 250 Å². The zero-order valence-electron chi connectivity index (χ0n) is 45.0. The first-order chi connectivity index (χ1) is 32.3. The monoisotopic (exact) mass is 976 g/mol. The van der Waals surface area contributed by atoms with Crippen molar-refractivity contribution in [1.29, 1.82) is 0 Å². The first-order valence-corrected chi connectivity index (χ1v) is 28.9. The quantitative estimate of drug-likeness (QED) is 0.0414. The summed E-state index contributed by atoms with van der Waals surface area (Å²) in [6.45, 7) is 6.80. The SMILES string of the molecule is CCCCCCCC/C=C\CCCCCCCCCC(=O)O.CCCCCCCC/C=C\CCCCCCCCCC(=O)O.CCCCCCCC/C=C\CCCCCCCCCC(=O)O.[Sc]. The second-order valence-electron chi connectivity index (χ2n) is 19.3. The fourth-order valence-corrected chi connectivity index (χ4v) is 8.10. The molecular weight excluding hydrogens is 862 g/mol. The van der Waals surface area contributed by atoms with E-state index in [1.165, 1.54) is 250 Å². The summed E-state index contributed by atoms with van der Waals surface area (Å²) in [5, 5.41) is 25.6. The Kier molecular flexibility index (Phi) is 73.9. The predicted octanol–water partition coefficient (Wildman–Crippen LogP) is 20.7. The average Bonchev–Trinajstić information content (AvgIpc) is 3.29. The third-order valence-electron chi connectivity index (χ3n) is 12.5. The van der Waals surface area contributed by atoms with Gasteiger partial charge in [0.05, 0.1) is 0 Å². The Bertz CT molecular complexity index is 911. The third-order valence-corrected chi connectivity index (χ3v) is 12.5. The van der Waals surface area contributed by atoms with Crippen LogP contribution >= 0.6 is 0 Å². The van der Waals surface area contributed by atoms with Crippen molar-refractivity contribution in [3.8, 4) is 0 Å². The number of carbonyl (C=O) groups is 3. The molecule has 0 aliphatic carbocycles. The minimum absolute atomic E-state index is 0. The average molecular weight is 977 g/mol. The van der Waals surface area contributed by atoms with Crippen LogP contribution in [0.3, 0.4) is 0 Å². The van der Waals surface area contributed by atoms with Crippen LogP contribution in [0, 0.1) is 0 Å². The van der Waals surface area contributed by atoms with Crippen molar-refractivity contribution in [2.24, 2.45) is 0 Å². The molecule has 0 saturated carbocycles. The molecule has 0 saturated heterocycles. The number of carboxylic acids is 3. The first-order valence-electron chi connectivity index (χ1n) is 28.9. The molecule has 0 amide bonds. The molecule has 0 aromatic carbocycles. The van der Waals surface area contributed by atoms with Crippen LogP contribution in [0.2, 0.25) is 0 Å². The fraction of sp³-hybridized carbons (Fsp3) is 0.850. The molecule has 0 unspecified atom stereocenters. The van der Waals surface area contributed by atoms with Gasteiger partial charge in [-0.2, -0.15) is 0 Å². The molecule has 0 heterocycles. The first kappa shape index (κ1) is 72.0. The number of aliphatic carboxylic acids is 3. The van der Waals surface area contributed by atoms with Gasteiger partial charge in [0, 0.05) is 45.1 Å². The molecule has 0 atom stereocenters. The van der Waals surface area contributed by atoms with Gasteiger partial charge in [0.15, 0.2) is 0 Å². The molecule has 0 aliphatic rings. The van der Waals surface area contributed by atoms with Crippen LogP contribution in [-0.2, 0) is 40.2 Å². The largest absolute Gasteiger partial charge is 0.481 e. The Hall–Kier alpha value is -1.50. The maximum Gasteiger partial charge on any atom is 0.303 e. The Labute approximate surface area is 436 Å². The van der Waals surface area contributed by atoms with Crippen molar-refractivity contribution in [3.05, 3.63) is 36.5 Å². The van der Waals surface area contributed by atoms with Crippen LogP contribution in [0.5, 0.6) is 0 Å². The molecular formula is C60H114O6Sc. The molecule has 6 nitrogen and oxygen atoms in total. The van der Waals surface area contributed by atoms with Crippen molar-refractivity contribution in [1.82, 2.24) is 0 Å². The molecule has 3 N–H and O–H groups in total. The van der Waals surface area contributed by atoms with E-state index in [2.05, 4.69) is 57.2 Å². The zero-order chi connectivity index (χ0) is 48.9. The van der Waals surface area contributed by atoms with Crippen LogP contribution in [0.25, 0.3) is 0 Å². The Balaban J connectivity index is -0.000000441. The molecule has 67 heavy (non-hydrogen) atoms. The molecule has 0 spiro atoms. The van der Waals surface area contributed by atoms with Crippen LogP contribution in [-0.4, -0.2) is 33.2 Å². The van der Waals surface area contributed by atoms with Crippen molar-refractivity contribution in [2.75, 3.05) is 0 Å². The second kappa shape index (κ2) is 68.8. The molecule has 0 aromatic heterocycles. The molecule has 7 heteroatoms. The van der Waals surface area contributed by atoms with Crippen molar-refractivity contribution < 1.29 is 55.5 Å². The number of allylic oxidation sites excluding steroid dienone is 6. The van der Waals surface area contributed by atoms with Gasteiger partial charge in [0.2, 0.25) is 0 Å². The molecule has 0 aromatic rings. The summed E-state index contributed by atoms with van der Waals surface area (Å²) < 4.78 is 0. The van der Waals surface area contributed by atoms with Crippen LogP contribution in [0.4, 0.5) is 0 Å². The predicted molar refractivity (Wildman–Crippen MR) is 289 cm³/mol. The van der Waals surface area contributed by atoms with E-state index >= 15 is 0 Å². The minimum atomic E-state index is -0.659. The van der Waals surface area contributed by atoms with E-state index in [-0.39, 0.29) is 25.8 Å². The summed E-state index contributed by atoms with van der Waals surface area (Å²) in [6, 6.07) is 0. The molecule has 0 aliphatic heterocycles. The van der Waals surface area contributed by atoms with Gasteiger partial charge < -0.3 is 15.3 Å². The summed E-state index contributed by atoms with van der Waals surface area (Å²) in [5.41, 5.74) is 0. The van der Waals surface area contributed by atoms with E-state index in [0.717, 1.165) is 38.5 Å². The summed E-state index contributed by atoms with van der Waals surface area (Å²) >= 11 is 0. The Morgan fingerprint density at radius 1 is 0.239 bits per heavy atom. The maximum atomic E-state index is 10.4. The summed E-state index contributed by atoms with van der Waals surface area (Å²) in [5.74, 6) is -1.98. The van der Waals surface area contributed by atoms with Crippen molar-refractivity contribution in [2.45, 2.75) is 329 Å². The number of carboxylic acid groups (broad SMARTS) is 3. The summed E-state index contributed by atoms with van der Waals surface area (Å²) in [7, 11) is 0. The Morgan fingerprint density at radius 3 is 0.522 bits per heavy atom. The maximum absolute atomic E-state index is 10.4. The number of hydrogen-bond acceptors (Lipinski definition) is 3. The van der Waals surface area contributed by atoms with E-state index in [1.54, 1.807) is 0 Å². The fourth-order valence-electron chi connectivity index (χ4n) is 8.10. The molecule has 1 radical (unpaired) electrons. The second-order valence-corrected chi connectivity index (χ2v) is 19.3. The van der Waals surface area contributed by atoms with Gasteiger partial charge in [0.1, 0.15) is 0 Å². The van der Waals surface area contributed by atoms with E-state index in [4.69, 9.17) is 15.3 Å². The van der Waals surface area contributed by atoms with E-state index in [9.17, 15) is 14.4 Å².